The molecule has 3 aromatic rings. The number of amides is 1. The minimum Gasteiger partial charge on any atom is -0.353 e. The number of aryl methyl sites for hydroxylation is 2. The Balaban J connectivity index is 1.44. The fraction of sp³-hybridized carbons (Fsp3) is 0.286. The summed E-state index contributed by atoms with van der Waals surface area (Å²) in [6, 6.07) is 11.2. The van der Waals surface area contributed by atoms with Crippen LogP contribution in [0.3, 0.4) is 0 Å². The van der Waals surface area contributed by atoms with Crippen molar-refractivity contribution < 1.29 is 4.79 Å². The van der Waals surface area contributed by atoms with E-state index in [1.54, 1.807) is 18.5 Å². The van der Waals surface area contributed by atoms with Gasteiger partial charge < -0.3 is 15.1 Å². The van der Waals surface area contributed by atoms with Crippen LogP contribution in [0.2, 0.25) is 0 Å². The van der Waals surface area contributed by atoms with Gasteiger partial charge in [0.1, 0.15) is 29.0 Å². The molecule has 0 aromatic carbocycles. The predicted molar refractivity (Wildman–Crippen MR) is 111 cm³/mol. The van der Waals surface area contributed by atoms with E-state index >= 15 is 0 Å². The Morgan fingerprint density at radius 3 is 2.48 bits per heavy atom. The van der Waals surface area contributed by atoms with E-state index in [9.17, 15) is 4.79 Å². The summed E-state index contributed by atoms with van der Waals surface area (Å²) in [4.78, 5) is 34.1. The van der Waals surface area contributed by atoms with Gasteiger partial charge in [-0.2, -0.15) is 0 Å². The molecule has 1 N–H and O–H groups in total. The van der Waals surface area contributed by atoms with Crippen LogP contribution in [0, 0.1) is 13.8 Å². The Hall–Kier alpha value is -3.55. The lowest BCUT2D eigenvalue weighted by atomic mass is 10.2. The molecule has 1 aliphatic heterocycles. The summed E-state index contributed by atoms with van der Waals surface area (Å²) in [5.41, 5.74) is 1.61. The molecule has 1 saturated heterocycles. The molecule has 4 heterocycles. The lowest BCUT2D eigenvalue weighted by molar-refractivity contribution is 0.0740. The second-order valence-electron chi connectivity index (χ2n) is 7.00. The van der Waals surface area contributed by atoms with Crippen LogP contribution in [0.15, 0.2) is 48.8 Å². The van der Waals surface area contributed by atoms with Crippen LogP contribution in [-0.4, -0.2) is 56.9 Å². The predicted octanol–water partition coefficient (Wildman–Crippen LogP) is 2.59. The highest BCUT2D eigenvalue weighted by atomic mass is 16.2. The molecule has 3 aromatic heterocycles. The second kappa shape index (κ2) is 8.22. The molecular weight excluding hydrogens is 366 g/mol. The minimum atomic E-state index is -0.0306. The van der Waals surface area contributed by atoms with Gasteiger partial charge in [0.2, 0.25) is 0 Å². The van der Waals surface area contributed by atoms with Crippen molar-refractivity contribution in [1.29, 1.82) is 0 Å². The molecule has 0 bridgehead atoms. The Bertz CT molecular complexity index is 1000. The molecular formula is C21H23N7O. The van der Waals surface area contributed by atoms with Gasteiger partial charge in [-0.3, -0.25) is 9.78 Å². The normalized spacial score (nSPS) is 14.0. The van der Waals surface area contributed by atoms with Crippen LogP contribution in [0.4, 0.5) is 17.5 Å². The standard InChI is InChI=1S/C21H23N7O/c1-15-6-8-23-18(13-15)26-19-14-20(25-16(2)24-19)27-9-11-28(12-10-27)21(29)17-5-3-4-7-22-17/h3-8,13-14H,9-12H2,1-2H3,(H,23,24,25,26). The van der Waals surface area contributed by atoms with Gasteiger partial charge in [-0.1, -0.05) is 6.07 Å². The van der Waals surface area contributed by atoms with Gasteiger partial charge >= 0.3 is 0 Å². The van der Waals surface area contributed by atoms with E-state index in [-0.39, 0.29) is 5.91 Å². The van der Waals surface area contributed by atoms with Crippen molar-refractivity contribution >= 4 is 23.4 Å². The van der Waals surface area contributed by atoms with Crippen molar-refractivity contribution in [3.63, 3.8) is 0 Å². The van der Waals surface area contributed by atoms with Gasteiger partial charge in [-0.25, -0.2) is 15.0 Å². The lowest BCUT2D eigenvalue weighted by Crippen LogP contribution is -2.49. The fourth-order valence-corrected chi connectivity index (χ4v) is 3.30. The van der Waals surface area contributed by atoms with Gasteiger partial charge in [-0.05, 0) is 43.7 Å². The van der Waals surface area contributed by atoms with E-state index in [1.165, 1.54) is 0 Å². The van der Waals surface area contributed by atoms with E-state index in [0.717, 1.165) is 17.2 Å². The van der Waals surface area contributed by atoms with E-state index < -0.39 is 0 Å². The van der Waals surface area contributed by atoms with Crippen molar-refractivity contribution in [3.8, 4) is 0 Å². The molecule has 1 aliphatic rings. The first kappa shape index (κ1) is 18.8. The Labute approximate surface area is 169 Å². The van der Waals surface area contributed by atoms with Crippen LogP contribution in [0.5, 0.6) is 0 Å². The number of pyridine rings is 2. The van der Waals surface area contributed by atoms with Crippen molar-refractivity contribution in [2.24, 2.45) is 0 Å². The molecule has 8 heteroatoms. The molecule has 1 amide bonds. The molecule has 8 nitrogen and oxygen atoms in total. The zero-order valence-electron chi connectivity index (χ0n) is 16.5. The monoisotopic (exact) mass is 389 g/mol. The number of aromatic nitrogens is 4. The number of hydrogen-bond acceptors (Lipinski definition) is 7. The summed E-state index contributed by atoms with van der Waals surface area (Å²) in [7, 11) is 0. The summed E-state index contributed by atoms with van der Waals surface area (Å²) in [5.74, 6) is 2.96. The van der Waals surface area contributed by atoms with Crippen molar-refractivity contribution in [2.45, 2.75) is 13.8 Å². The molecule has 4 rings (SSSR count). The Kier molecular flexibility index (Phi) is 5.33. The molecule has 1 fully saturated rings. The van der Waals surface area contributed by atoms with Gasteiger partial charge in [0.25, 0.3) is 5.91 Å². The highest BCUT2D eigenvalue weighted by Gasteiger charge is 2.24. The number of rotatable bonds is 4. The summed E-state index contributed by atoms with van der Waals surface area (Å²) < 4.78 is 0. The molecule has 29 heavy (non-hydrogen) atoms. The average Bonchev–Trinajstić information content (AvgIpc) is 2.73. The Morgan fingerprint density at radius 1 is 0.931 bits per heavy atom. The highest BCUT2D eigenvalue weighted by molar-refractivity contribution is 5.92. The summed E-state index contributed by atoms with van der Waals surface area (Å²) >= 11 is 0. The van der Waals surface area contributed by atoms with E-state index in [0.29, 0.717) is 43.5 Å². The van der Waals surface area contributed by atoms with Crippen LogP contribution in [-0.2, 0) is 0 Å². The van der Waals surface area contributed by atoms with Crippen LogP contribution in [0.1, 0.15) is 21.9 Å². The molecule has 0 saturated carbocycles. The first-order valence-corrected chi connectivity index (χ1v) is 9.59. The van der Waals surface area contributed by atoms with E-state index in [2.05, 4.69) is 30.2 Å². The van der Waals surface area contributed by atoms with E-state index in [4.69, 9.17) is 0 Å². The zero-order valence-corrected chi connectivity index (χ0v) is 16.5. The van der Waals surface area contributed by atoms with Crippen molar-refractivity contribution in [3.05, 3.63) is 65.9 Å². The average molecular weight is 389 g/mol. The van der Waals surface area contributed by atoms with Crippen molar-refractivity contribution in [2.75, 3.05) is 36.4 Å². The maximum Gasteiger partial charge on any atom is 0.272 e. The highest BCUT2D eigenvalue weighted by Crippen LogP contribution is 2.21. The second-order valence-corrected chi connectivity index (χ2v) is 7.00. The zero-order chi connectivity index (χ0) is 20.2. The Morgan fingerprint density at radius 2 is 1.76 bits per heavy atom. The summed E-state index contributed by atoms with van der Waals surface area (Å²) in [6.07, 6.45) is 3.41. The minimum absolute atomic E-state index is 0.0306. The molecule has 0 unspecified atom stereocenters. The number of anilines is 3. The first-order chi connectivity index (χ1) is 14.1. The van der Waals surface area contributed by atoms with Crippen molar-refractivity contribution in [1.82, 2.24) is 24.8 Å². The molecule has 148 valence electrons. The van der Waals surface area contributed by atoms with Gasteiger partial charge in [0, 0.05) is 44.6 Å². The van der Waals surface area contributed by atoms with E-state index in [1.807, 2.05) is 49.1 Å². The number of carbonyl (C=O) groups excluding carboxylic acids is 1. The molecule has 0 atom stereocenters. The quantitative estimate of drug-likeness (QED) is 0.734. The van der Waals surface area contributed by atoms with Crippen LogP contribution in [0.25, 0.3) is 0 Å². The number of piperazine rings is 1. The van der Waals surface area contributed by atoms with Gasteiger partial charge in [-0.15, -0.1) is 0 Å². The topological polar surface area (TPSA) is 87.1 Å². The van der Waals surface area contributed by atoms with Gasteiger partial charge in [0.15, 0.2) is 0 Å². The van der Waals surface area contributed by atoms with Crippen LogP contribution < -0.4 is 10.2 Å². The SMILES string of the molecule is Cc1ccnc(Nc2cc(N3CCN(C(=O)c4ccccn4)CC3)nc(C)n2)c1. The summed E-state index contributed by atoms with van der Waals surface area (Å²) in [6.45, 7) is 6.56. The van der Waals surface area contributed by atoms with Gasteiger partial charge in [0.05, 0.1) is 0 Å². The third-order valence-corrected chi connectivity index (χ3v) is 4.77. The third kappa shape index (κ3) is 4.48. The molecule has 0 aliphatic carbocycles. The number of carbonyl (C=O) groups is 1. The maximum atomic E-state index is 12.6. The maximum absolute atomic E-state index is 12.6. The smallest absolute Gasteiger partial charge is 0.272 e. The fourth-order valence-electron chi connectivity index (χ4n) is 3.30. The van der Waals surface area contributed by atoms with Crippen LogP contribution >= 0.6 is 0 Å². The molecule has 0 radical (unpaired) electrons. The molecule has 0 spiro atoms. The first-order valence-electron chi connectivity index (χ1n) is 9.59. The largest absolute Gasteiger partial charge is 0.353 e. The number of nitrogens with zero attached hydrogens (tertiary/aromatic N) is 6. The number of nitrogens with one attached hydrogen (secondary N) is 1. The summed E-state index contributed by atoms with van der Waals surface area (Å²) in [5, 5.41) is 3.25. The lowest BCUT2D eigenvalue weighted by Gasteiger charge is -2.35. The third-order valence-electron chi connectivity index (χ3n) is 4.77. The number of hydrogen-bond donors (Lipinski definition) is 1.